The standard InChI is InChI=1S/C22H20N2O4S2/c1-27-15-6-4-5-14(9-15)23-18(25)10-24-21-20(30-22(24)26)19-13(12-29-21)11-28-17-8-3-2-7-16(17)19/h2-9,13,19H,10-12H2,1H3,(H,23,25)/t13-,19-/m0/s1. The number of carbonyl (C=O) groups is 1. The summed E-state index contributed by atoms with van der Waals surface area (Å²) in [6, 6.07) is 15.2. The van der Waals surface area contributed by atoms with Gasteiger partial charge in [0.1, 0.15) is 18.0 Å². The zero-order chi connectivity index (χ0) is 20.7. The smallest absolute Gasteiger partial charge is 0.308 e. The Morgan fingerprint density at radius 2 is 2.13 bits per heavy atom. The van der Waals surface area contributed by atoms with Gasteiger partial charge in [-0.25, -0.2) is 0 Å². The number of methoxy groups -OCH3 is 1. The van der Waals surface area contributed by atoms with Gasteiger partial charge < -0.3 is 14.8 Å². The van der Waals surface area contributed by atoms with Crippen LogP contribution >= 0.6 is 23.1 Å². The SMILES string of the molecule is COc1cccc(NC(=O)Cn2c3c(sc2=O)[C@@H]2c4ccccc4OC[C@H]2CS3)c1. The third-order valence-electron chi connectivity index (χ3n) is 5.42. The number of nitrogens with zero attached hydrogens (tertiary/aromatic N) is 1. The Bertz CT molecular complexity index is 1170. The monoisotopic (exact) mass is 440 g/mol. The number of anilines is 1. The van der Waals surface area contributed by atoms with Crippen molar-refractivity contribution in [3.8, 4) is 11.5 Å². The Morgan fingerprint density at radius 3 is 3.00 bits per heavy atom. The average molecular weight is 441 g/mol. The highest BCUT2D eigenvalue weighted by atomic mass is 32.2. The molecule has 0 radical (unpaired) electrons. The Morgan fingerprint density at radius 1 is 1.27 bits per heavy atom. The number of hydrogen-bond acceptors (Lipinski definition) is 6. The van der Waals surface area contributed by atoms with E-state index in [1.807, 2.05) is 30.3 Å². The second-order valence-electron chi connectivity index (χ2n) is 7.30. The number of rotatable bonds is 4. The molecule has 0 saturated carbocycles. The van der Waals surface area contributed by atoms with Gasteiger partial charge in [0.05, 0.1) is 18.7 Å². The summed E-state index contributed by atoms with van der Waals surface area (Å²) in [5.74, 6) is 2.65. The lowest BCUT2D eigenvalue weighted by molar-refractivity contribution is -0.116. The summed E-state index contributed by atoms with van der Waals surface area (Å²) in [4.78, 5) is 26.4. The second-order valence-corrected chi connectivity index (χ2v) is 9.30. The molecule has 30 heavy (non-hydrogen) atoms. The van der Waals surface area contributed by atoms with Gasteiger partial charge >= 0.3 is 4.87 Å². The number of nitrogens with one attached hydrogen (secondary N) is 1. The highest BCUT2D eigenvalue weighted by Gasteiger charge is 2.39. The summed E-state index contributed by atoms with van der Waals surface area (Å²) in [5.41, 5.74) is 1.77. The van der Waals surface area contributed by atoms with E-state index in [0.717, 1.165) is 27.0 Å². The first-order valence-corrected chi connectivity index (χ1v) is 11.5. The van der Waals surface area contributed by atoms with Crippen molar-refractivity contribution >= 4 is 34.7 Å². The van der Waals surface area contributed by atoms with Gasteiger partial charge in [0.2, 0.25) is 5.91 Å². The first-order valence-electron chi connectivity index (χ1n) is 9.66. The molecule has 0 unspecified atom stereocenters. The van der Waals surface area contributed by atoms with Crippen molar-refractivity contribution in [2.24, 2.45) is 5.92 Å². The molecule has 8 heteroatoms. The summed E-state index contributed by atoms with van der Waals surface area (Å²) < 4.78 is 12.7. The molecule has 0 aliphatic carbocycles. The van der Waals surface area contributed by atoms with E-state index >= 15 is 0 Å². The van der Waals surface area contributed by atoms with Gasteiger partial charge in [0.15, 0.2) is 0 Å². The zero-order valence-corrected chi connectivity index (χ0v) is 17.9. The van der Waals surface area contributed by atoms with Gasteiger partial charge in [-0.3, -0.25) is 14.2 Å². The molecule has 154 valence electrons. The first-order chi connectivity index (χ1) is 14.6. The van der Waals surface area contributed by atoms with Gasteiger partial charge in [-0.05, 0) is 18.2 Å². The number of aromatic nitrogens is 1. The van der Waals surface area contributed by atoms with Gasteiger partial charge in [0.25, 0.3) is 0 Å². The van der Waals surface area contributed by atoms with E-state index in [0.29, 0.717) is 24.0 Å². The topological polar surface area (TPSA) is 69.6 Å². The number of para-hydroxylation sites is 1. The molecule has 2 atom stereocenters. The fourth-order valence-corrected chi connectivity index (χ4v) is 6.73. The molecule has 0 bridgehead atoms. The summed E-state index contributed by atoms with van der Waals surface area (Å²) in [6.45, 7) is 0.640. The fraction of sp³-hybridized carbons (Fsp3) is 0.273. The van der Waals surface area contributed by atoms with Crippen molar-refractivity contribution in [3.05, 3.63) is 68.6 Å². The molecule has 3 aromatic rings. The fourth-order valence-electron chi connectivity index (χ4n) is 4.04. The lowest BCUT2D eigenvalue weighted by atomic mass is 9.84. The Kier molecular flexibility index (Phi) is 5.04. The number of thioether (sulfide) groups is 1. The average Bonchev–Trinajstić information content (AvgIpc) is 3.08. The predicted molar refractivity (Wildman–Crippen MR) is 118 cm³/mol. The molecule has 1 aromatic heterocycles. The largest absolute Gasteiger partial charge is 0.497 e. The number of fused-ring (bicyclic) bond motifs is 5. The second kappa shape index (κ2) is 7.85. The molecule has 0 fully saturated rings. The van der Waals surface area contributed by atoms with Crippen molar-refractivity contribution in [2.45, 2.75) is 17.5 Å². The van der Waals surface area contributed by atoms with E-state index in [4.69, 9.17) is 9.47 Å². The van der Waals surface area contributed by atoms with Crippen molar-refractivity contribution < 1.29 is 14.3 Å². The Balaban J connectivity index is 1.43. The summed E-state index contributed by atoms with van der Waals surface area (Å²) in [5, 5.41) is 3.76. The van der Waals surface area contributed by atoms with Crippen LogP contribution in [0.5, 0.6) is 11.5 Å². The molecule has 0 saturated heterocycles. The summed E-state index contributed by atoms with van der Waals surface area (Å²) in [6.07, 6.45) is 0. The van der Waals surface area contributed by atoms with Crippen LogP contribution in [-0.2, 0) is 11.3 Å². The maximum atomic E-state index is 12.8. The minimum absolute atomic E-state index is 0.00951. The van der Waals surface area contributed by atoms with Gasteiger partial charge in [0, 0.05) is 39.8 Å². The van der Waals surface area contributed by atoms with Crippen LogP contribution in [0.3, 0.4) is 0 Å². The van der Waals surface area contributed by atoms with Crippen LogP contribution in [0, 0.1) is 5.92 Å². The summed E-state index contributed by atoms with van der Waals surface area (Å²) in [7, 11) is 1.58. The van der Waals surface area contributed by atoms with Crippen molar-refractivity contribution in [3.63, 3.8) is 0 Å². The van der Waals surface area contributed by atoms with Crippen molar-refractivity contribution in [2.75, 3.05) is 24.8 Å². The maximum absolute atomic E-state index is 12.8. The van der Waals surface area contributed by atoms with Gasteiger partial charge in [-0.15, -0.1) is 11.8 Å². The predicted octanol–water partition coefficient (Wildman–Crippen LogP) is 3.80. The molecular weight excluding hydrogens is 420 g/mol. The van der Waals surface area contributed by atoms with E-state index in [1.54, 1.807) is 35.6 Å². The zero-order valence-electron chi connectivity index (χ0n) is 16.3. The van der Waals surface area contributed by atoms with Crippen LogP contribution in [0.15, 0.2) is 58.4 Å². The van der Waals surface area contributed by atoms with Crippen molar-refractivity contribution in [1.82, 2.24) is 4.57 Å². The Hall–Kier alpha value is -2.71. The number of benzene rings is 2. The number of thiazole rings is 1. The molecule has 2 aliphatic rings. The summed E-state index contributed by atoms with van der Waals surface area (Å²) >= 11 is 2.90. The molecule has 3 heterocycles. The molecule has 1 amide bonds. The molecule has 2 aromatic carbocycles. The highest BCUT2D eigenvalue weighted by Crippen LogP contribution is 2.50. The third-order valence-corrected chi connectivity index (χ3v) is 7.92. The lowest BCUT2D eigenvalue weighted by Crippen LogP contribution is -2.31. The van der Waals surface area contributed by atoms with Crippen LogP contribution in [-0.4, -0.2) is 29.9 Å². The normalized spacial score (nSPS) is 19.1. The van der Waals surface area contributed by atoms with Gasteiger partial charge in [-0.1, -0.05) is 35.6 Å². The van der Waals surface area contributed by atoms with Crippen LogP contribution in [0.2, 0.25) is 0 Å². The first kappa shape index (κ1) is 19.3. The van der Waals surface area contributed by atoms with E-state index < -0.39 is 0 Å². The quantitative estimate of drug-likeness (QED) is 0.668. The van der Waals surface area contributed by atoms with E-state index in [1.165, 1.54) is 11.3 Å². The van der Waals surface area contributed by atoms with Crippen LogP contribution in [0.1, 0.15) is 16.4 Å². The number of amides is 1. The van der Waals surface area contributed by atoms with Crippen LogP contribution < -0.4 is 19.7 Å². The van der Waals surface area contributed by atoms with Gasteiger partial charge in [-0.2, -0.15) is 0 Å². The third kappa shape index (κ3) is 3.40. The molecule has 5 rings (SSSR count). The highest BCUT2D eigenvalue weighted by molar-refractivity contribution is 7.99. The Labute approximate surface area is 181 Å². The molecule has 1 N–H and O–H groups in total. The number of carbonyl (C=O) groups excluding carboxylic acids is 1. The molecule has 2 aliphatic heterocycles. The molecule has 0 spiro atoms. The maximum Gasteiger partial charge on any atom is 0.308 e. The van der Waals surface area contributed by atoms with Crippen molar-refractivity contribution in [1.29, 1.82) is 0 Å². The van der Waals surface area contributed by atoms with Crippen LogP contribution in [0.4, 0.5) is 5.69 Å². The lowest BCUT2D eigenvalue weighted by Gasteiger charge is -2.36. The minimum atomic E-state index is -0.235. The van der Waals surface area contributed by atoms with E-state index in [2.05, 4.69) is 11.4 Å². The number of ether oxygens (including phenoxy) is 2. The van der Waals surface area contributed by atoms with E-state index in [-0.39, 0.29) is 23.2 Å². The molecule has 6 nitrogen and oxygen atoms in total. The number of hydrogen-bond donors (Lipinski definition) is 1. The molecular formula is C22H20N2O4S2. The van der Waals surface area contributed by atoms with E-state index in [9.17, 15) is 9.59 Å². The minimum Gasteiger partial charge on any atom is -0.497 e. The van der Waals surface area contributed by atoms with Crippen LogP contribution in [0.25, 0.3) is 0 Å².